The van der Waals surface area contributed by atoms with Crippen molar-refractivity contribution >= 4 is 22.0 Å². The second kappa shape index (κ2) is 2.42. The van der Waals surface area contributed by atoms with Gasteiger partial charge in [-0.05, 0) is 13.8 Å². The Bertz CT molecular complexity index is 158. The van der Waals surface area contributed by atoms with Gasteiger partial charge in [-0.3, -0.25) is 4.90 Å². The Morgan fingerprint density at radius 1 is 1.70 bits per heavy atom. The van der Waals surface area contributed by atoms with E-state index in [1.807, 2.05) is 13.8 Å². The third-order valence-corrected chi connectivity index (χ3v) is 1.87. The van der Waals surface area contributed by atoms with Gasteiger partial charge in [0.25, 0.3) is 0 Å². The van der Waals surface area contributed by atoms with Gasteiger partial charge in [-0.1, -0.05) is 15.9 Å². The van der Waals surface area contributed by atoms with Crippen molar-refractivity contribution in [3.05, 3.63) is 0 Å². The molecule has 10 heavy (non-hydrogen) atoms. The number of ether oxygens (including phenoxy) is 1. The standard InChI is InChI=1S/C6H10BrNO2/c1-6(2)8(4-3-7)5(9)10-6/h3-4H2,1-2H3. The van der Waals surface area contributed by atoms with Crippen molar-refractivity contribution < 1.29 is 9.53 Å². The summed E-state index contributed by atoms with van der Waals surface area (Å²) in [4.78, 5) is 12.4. The third kappa shape index (κ3) is 1.12. The van der Waals surface area contributed by atoms with E-state index < -0.39 is 0 Å². The Morgan fingerprint density at radius 2 is 2.30 bits per heavy atom. The molecule has 0 bridgehead atoms. The van der Waals surface area contributed by atoms with E-state index in [-0.39, 0.29) is 11.8 Å². The average molecular weight is 208 g/mol. The molecule has 1 fully saturated rings. The van der Waals surface area contributed by atoms with Gasteiger partial charge in [0.1, 0.15) is 0 Å². The first-order valence-corrected chi connectivity index (χ1v) is 4.26. The van der Waals surface area contributed by atoms with Crippen LogP contribution < -0.4 is 0 Å². The first kappa shape index (κ1) is 7.85. The number of hydrogen-bond donors (Lipinski definition) is 0. The fourth-order valence-corrected chi connectivity index (χ4v) is 1.30. The molecule has 4 heteroatoms. The summed E-state index contributed by atoms with van der Waals surface area (Å²) >= 11 is 3.25. The van der Waals surface area contributed by atoms with Crippen LogP contribution in [0.2, 0.25) is 0 Å². The summed E-state index contributed by atoms with van der Waals surface area (Å²) < 4.78 is 4.86. The molecule has 0 spiro atoms. The van der Waals surface area contributed by atoms with Crippen LogP contribution >= 0.6 is 15.9 Å². The maximum Gasteiger partial charge on any atom is 0.415 e. The van der Waals surface area contributed by atoms with Crippen molar-refractivity contribution in [3.63, 3.8) is 0 Å². The van der Waals surface area contributed by atoms with Crippen LogP contribution in [-0.4, -0.2) is 28.6 Å². The number of nitrogens with zero attached hydrogens (tertiary/aromatic N) is 1. The lowest BCUT2D eigenvalue weighted by molar-refractivity contribution is -0.159. The molecular weight excluding hydrogens is 198 g/mol. The largest absolute Gasteiger partial charge is 0.423 e. The Morgan fingerprint density at radius 3 is 2.50 bits per heavy atom. The zero-order chi connectivity index (χ0) is 7.78. The summed E-state index contributed by atoms with van der Waals surface area (Å²) in [7, 11) is 0. The second-order valence-corrected chi connectivity index (χ2v) is 3.45. The minimum absolute atomic E-state index is 0.218. The highest BCUT2D eigenvalue weighted by Gasteiger charge is 2.45. The fourth-order valence-electron chi connectivity index (χ4n) is 0.950. The molecule has 1 saturated heterocycles. The first-order valence-electron chi connectivity index (χ1n) is 3.14. The molecule has 0 atom stereocenters. The normalized spacial score (nSPS) is 21.9. The van der Waals surface area contributed by atoms with Crippen molar-refractivity contribution in [2.45, 2.75) is 19.6 Å². The Hall–Kier alpha value is -0.250. The van der Waals surface area contributed by atoms with E-state index in [1.54, 1.807) is 4.90 Å². The summed E-state index contributed by atoms with van der Waals surface area (Å²) in [5, 5.41) is 0.797. The van der Waals surface area contributed by atoms with Crippen LogP contribution in [0.25, 0.3) is 0 Å². The van der Waals surface area contributed by atoms with Crippen molar-refractivity contribution in [1.29, 1.82) is 0 Å². The molecule has 0 aromatic rings. The molecule has 0 aromatic carbocycles. The highest BCUT2D eigenvalue weighted by molar-refractivity contribution is 9.09. The second-order valence-electron chi connectivity index (χ2n) is 2.66. The predicted octanol–water partition coefficient (Wildman–Crippen LogP) is 1.57. The van der Waals surface area contributed by atoms with Crippen molar-refractivity contribution in [3.8, 4) is 0 Å². The van der Waals surface area contributed by atoms with E-state index in [2.05, 4.69) is 15.9 Å². The molecule has 0 aliphatic carbocycles. The van der Waals surface area contributed by atoms with Crippen LogP contribution in [-0.2, 0) is 4.74 Å². The van der Waals surface area contributed by atoms with Crippen LogP contribution in [0, 0.1) is 0 Å². The smallest absolute Gasteiger partial charge is 0.415 e. The molecule has 0 unspecified atom stereocenters. The molecule has 1 heterocycles. The molecule has 58 valence electrons. The zero-order valence-corrected chi connectivity index (χ0v) is 7.64. The molecular formula is C6H10BrNO2. The molecule has 1 aliphatic rings. The number of carbonyl (C=O) groups is 1. The lowest BCUT2D eigenvalue weighted by Crippen LogP contribution is -2.62. The molecule has 1 aliphatic heterocycles. The Balaban J connectivity index is 2.48. The van der Waals surface area contributed by atoms with Gasteiger partial charge in [-0.2, -0.15) is 0 Å². The number of alkyl halides is 1. The zero-order valence-electron chi connectivity index (χ0n) is 6.06. The highest BCUT2D eigenvalue weighted by atomic mass is 79.9. The molecule has 0 N–H and O–H groups in total. The molecule has 3 nitrogen and oxygen atoms in total. The van der Waals surface area contributed by atoms with Gasteiger partial charge < -0.3 is 4.74 Å². The van der Waals surface area contributed by atoms with E-state index in [9.17, 15) is 4.79 Å². The maximum atomic E-state index is 10.7. The van der Waals surface area contributed by atoms with Gasteiger partial charge >= 0.3 is 6.09 Å². The summed E-state index contributed by atoms with van der Waals surface area (Å²) in [6, 6.07) is 0. The van der Waals surface area contributed by atoms with E-state index in [0.717, 1.165) is 5.33 Å². The average Bonchev–Trinajstić information content (AvgIpc) is 1.82. The van der Waals surface area contributed by atoms with Crippen LogP contribution in [0.3, 0.4) is 0 Å². The van der Waals surface area contributed by atoms with Gasteiger partial charge in [-0.15, -0.1) is 0 Å². The summed E-state index contributed by atoms with van der Waals surface area (Å²) in [6.45, 7) is 4.46. The van der Waals surface area contributed by atoms with Crippen molar-refractivity contribution in [1.82, 2.24) is 4.90 Å². The summed E-state index contributed by atoms with van der Waals surface area (Å²) in [5.41, 5.74) is -0.384. The highest BCUT2D eigenvalue weighted by Crippen LogP contribution is 2.27. The van der Waals surface area contributed by atoms with Gasteiger partial charge in [0.15, 0.2) is 5.72 Å². The minimum atomic E-state index is -0.384. The van der Waals surface area contributed by atoms with E-state index in [4.69, 9.17) is 4.74 Å². The van der Waals surface area contributed by atoms with Crippen molar-refractivity contribution in [2.24, 2.45) is 0 Å². The monoisotopic (exact) mass is 207 g/mol. The van der Waals surface area contributed by atoms with Gasteiger partial charge in [0.05, 0.1) is 0 Å². The van der Waals surface area contributed by atoms with Crippen LogP contribution in [0.5, 0.6) is 0 Å². The third-order valence-electron chi connectivity index (χ3n) is 1.52. The van der Waals surface area contributed by atoms with E-state index >= 15 is 0 Å². The Kier molecular flexibility index (Phi) is 1.90. The molecule has 0 aromatic heterocycles. The first-order chi connectivity index (χ1) is 4.58. The molecule has 1 amide bonds. The number of rotatable bonds is 2. The quantitative estimate of drug-likeness (QED) is 0.644. The number of hydrogen-bond acceptors (Lipinski definition) is 2. The fraction of sp³-hybridized carbons (Fsp3) is 0.833. The SMILES string of the molecule is CC1(C)OC(=O)N1CCBr. The Labute approximate surface area is 68.5 Å². The van der Waals surface area contributed by atoms with E-state index in [1.165, 1.54) is 0 Å². The lowest BCUT2D eigenvalue weighted by Gasteiger charge is -2.46. The van der Waals surface area contributed by atoms with Crippen LogP contribution in [0.15, 0.2) is 0 Å². The van der Waals surface area contributed by atoms with E-state index in [0.29, 0.717) is 6.54 Å². The van der Waals surface area contributed by atoms with Gasteiger partial charge in [-0.25, -0.2) is 4.79 Å². The lowest BCUT2D eigenvalue weighted by atomic mass is 10.2. The predicted molar refractivity (Wildman–Crippen MR) is 41.1 cm³/mol. The number of carbonyl (C=O) groups excluding carboxylic acids is 1. The van der Waals surface area contributed by atoms with Gasteiger partial charge in [0, 0.05) is 11.9 Å². The maximum absolute atomic E-state index is 10.7. The summed E-state index contributed by atoms with van der Waals surface area (Å²) in [5.74, 6) is 0. The number of cyclic esters (lactones) is 1. The number of halogens is 1. The van der Waals surface area contributed by atoms with Crippen LogP contribution in [0.1, 0.15) is 13.8 Å². The minimum Gasteiger partial charge on any atom is -0.423 e. The molecule has 0 radical (unpaired) electrons. The summed E-state index contributed by atoms with van der Waals surface area (Å²) in [6.07, 6.45) is -0.218. The number of amides is 1. The molecule has 1 rings (SSSR count). The van der Waals surface area contributed by atoms with Crippen LogP contribution in [0.4, 0.5) is 4.79 Å². The molecule has 0 saturated carbocycles. The topological polar surface area (TPSA) is 29.5 Å². The van der Waals surface area contributed by atoms with Crippen molar-refractivity contribution in [2.75, 3.05) is 11.9 Å². The van der Waals surface area contributed by atoms with Gasteiger partial charge in [0.2, 0.25) is 0 Å².